The van der Waals surface area contributed by atoms with Gasteiger partial charge in [-0.3, -0.25) is 0 Å². The van der Waals surface area contributed by atoms with Crippen molar-refractivity contribution in [3.8, 4) is 0 Å². The largest absolute Gasteiger partial charge is 0.212 e. The van der Waals surface area contributed by atoms with Crippen molar-refractivity contribution in [3.05, 3.63) is 35.9 Å². The van der Waals surface area contributed by atoms with Gasteiger partial charge in [-0.15, -0.1) is 0 Å². The lowest BCUT2D eigenvalue weighted by Crippen LogP contribution is -2.36. The van der Waals surface area contributed by atoms with Crippen LogP contribution in [0.3, 0.4) is 0 Å². The molecule has 0 unspecified atom stereocenters. The summed E-state index contributed by atoms with van der Waals surface area (Å²) in [4.78, 5) is 0. The van der Waals surface area contributed by atoms with Crippen molar-refractivity contribution >= 4 is 34.4 Å². The number of hydrogen-bond acceptors (Lipinski definition) is 4. The minimum absolute atomic E-state index is 0.0891. The molecule has 1 saturated heterocycles. The molecule has 1 aromatic rings. The Balaban J connectivity index is 1.88. The number of sulfonamides is 1. The maximum Gasteiger partial charge on any atom is 0.211 e. The first-order valence-corrected chi connectivity index (χ1v) is 9.75. The van der Waals surface area contributed by atoms with E-state index in [2.05, 4.69) is 24.8 Å². The summed E-state index contributed by atoms with van der Waals surface area (Å²) in [5.74, 6) is 1.76. The van der Waals surface area contributed by atoms with E-state index in [1.165, 1.54) is 11.8 Å². The van der Waals surface area contributed by atoms with Gasteiger partial charge in [-0.1, -0.05) is 30.3 Å². The van der Waals surface area contributed by atoms with E-state index in [4.69, 9.17) is 0 Å². The summed E-state index contributed by atoms with van der Waals surface area (Å²) >= 11 is 6.20. The van der Waals surface area contributed by atoms with Crippen molar-refractivity contribution in [2.45, 2.75) is 23.5 Å². The third kappa shape index (κ3) is 4.41. The summed E-state index contributed by atoms with van der Waals surface area (Å²) < 4.78 is 25.0. The summed E-state index contributed by atoms with van der Waals surface area (Å²) in [5.41, 5.74) is 1.28. The lowest BCUT2D eigenvalue weighted by atomic mass is 10.2. The monoisotopic (exact) mass is 317 g/mol. The van der Waals surface area contributed by atoms with Gasteiger partial charge in [-0.05, 0) is 12.0 Å². The summed E-state index contributed by atoms with van der Waals surface area (Å²) in [6, 6.07) is 10.3. The van der Waals surface area contributed by atoms with E-state index in [9.17, 15) is 8.42 Å². The highest BCUT2D eigenvalue weighted by Gasteiger charge is 2.35. The van der Waals surface area contributed by atoms with Crippen LogP contribution >= 0.6 is 24.4 Å². The Hall–Kier alpha value is -0.170. The zero-order valence-electron chi connectivity index (χ0n) is 10.9. The number of thioether (sulfide) groups is 1. The SMILES string of the molecule is CS(=O)(=O)N1C[C@H](S)C[C@H]1CSCc1ccccc1. The second-order valence-corrected chi connectivity index (χ2v) is 8.57. The van der Waals surface area contributed by atoms with Gasteiger partial charge >= 0.3 is 0 Å². The Morgan fingerprint density at radius 2 is 2.05 bits per heavy atom. The molecule has 6 heteroatoms. The van der Waals surface area contributed by atoms with E-state index in [0.29, 0.717) is 6.54 Å². The lowest BCUT2D eigenvalue weighted by Gasteiger charge is -2.21. The van der Waals surface area contributed by atoms with Gasteiger partial charge in [0, 0.05) is 29.3 Å². The van der Waals surface area contributed by atoms with Crippen LogP contribution in [0.4, 0.5) is 0 Å². The van der Waals surface area contributed by atoms with E-state index in [0.717, 1.165) is 17.9 Å². The number of rotatable bonds is 5. The molecule has 0 saturated carbocycles. The first kappa shape index (κ1) is 15.2. The lowest BCUT2D eigenvalue weighted by molar-refractivity contribution is 0.416. The first-order chi connectivity index (χ1) is 8.97. The summed E-state index contributed by atoms with van der Waals surface area (Å²) in [6.07, 6.45) is 2.13. The van der Waals surface area contributed by atoms with Gasteiger partial charge in [0.2, 0.25) is 10.0 Å². The van der Waals surface area contributed by atoms with Gasteiger partial charge in [0.1, 0.15) is 0 Å². The fourth-order valence-electron chi connectivity index (χ4n) is 2.31. The van der Waals surface area contributed by atoms with Crippen molar-refractivity contribution in [3.63, 3.8) is 0 Å². The van der Waals surface area contributed by atoms with E-state index in [1.54, 1.807) is 16.1 Å². The summed E-state index contributed by atoms with van der Waals surface area (Å²) in [6.45, 7) is 0.540. The molecule has 106 valence electrons. The minimum Gasteiger partial charge on any atom is -0.212 e. The van der Waals surface area contributed by atoms with Crippen LogP contribution in [-0.4, -0.2) is 42.6 Å². The van der Waals surface area contributed by atoms with Crippen molar-refractivity contribution in [1.29, 1.82) is 0 Å². The number of nitrogens with zero attached hydrogens (tertiary/aromatic N) is 1. The highest BCUT2D eigenvalue weighted by atomic mass is 32.2. The van der Waals surface area contributed by atoms with E-state index < -0.39 is 10.0 Å². The van der Waals surface area contributed by atoms with Gasteiger partial charge < -0.3 is 0 Å². The maximum atomic E-state index is 11.7. The third-order valence-electron chi connectivity index (χ3n) is 3.19. The van der Waals surface area contributed by atoms with Crippen molar-refractivity contribution < 1.29 is 8.42 Å². The average molecular weight is 318 g/mol. The van der Waals surface area contributed by atoms with Crippen LogP contribution < -0.4 is 0 Å². The number of thiol groups is 1. The quantitative estimate of drug-likeness (QED) is 0.847. The molecular formula is C13H19NO2S3. The average Bonchev–Trinajstić information content (AvgIpc) is 2.72. The van der Waals surface area contributed by atoms with E-state index in [1.807, 2.05) is 18.2 Å². The van der Waals surface area contributed by atoms with Gasteiger partial charge in [0.25, 0.3) is 0 Å². The van der Waals surface area contributed by atoms with Gasteiger partial charge in [0.05, 0.1) is 6.26 Å². The van der Waals surface area contributed by atoms with Gasteiger partial charge in [-0.25, -0.2) is 8.42 Å². The Morgan fingerprint density at radius 1 is 1.37 bits per heavy atom. The van der Waals surface area contributed by atoms with Crippen molar-refractivity contribution in [2.75, 3.05) is 18.6 Å². The van der Waals surface area contributed by atoms with Crippen LogP contribution in [-0.2, 0) is 15.8 Å². The highest BCUT2D eigenvalue weighted by molar-refractivity contribution is 7.98. The molecule has 2 rings (SSSR count). The van der Waals surface area contributed by atoms with Crippen LogP contribution in [0.2, 0.25) is 0 Å². The molecule has 19 heavy (non-hydrogen) atoms. The highest BCUT2D eigenvalue weighted by Crippen LogP contribution is 2.27. The predicted octanol–water partition coefficient (Wildman–Crippen LogP) is 2.25. The summed E-state index contributed by atoms with van der Waals surface area (Å²) in [7, 11) is -3.11. The van der Waals surface area contributed by atoms with E-state index in [-0.39, 0.29) is 11.3 Å². The molecule has 0 radical (unpaired) electrons. The number of hydrogen-bond donors (Lipinski definition) is 1. The van der Waals surface area contributed by atoms with Gasteiger partial charge in [-0.2, -0.15) is 28.7 Å². The Bertz CT molecular complexity index is 504. The fraction of sp³-hybridized carbons (Fsp3) is 0.538. The molecule has 0 N–H and O–H groups in total. The maximum absolute atomic E-state index is 11.7. The second kappa shape index (κ2) is 6.52. The molecule has 0 spiro atoms. The molecular weight excluding hydrogens is 298 g/mol. The van der Waals surface area contributed by atoms with Crippen molar-refractivity contribution in [1.82, 2.24) is 4.31 Å². The first-order valence-electron chi connectivity index (χ1n) is 6.23. The third-order valence-corrected chi connectivity index (χ3v) is 6.02. The van der Waals surface area contributed by atoms with Crippen LogP contribution in [0.1, 0.15) is 12.0 Å². The molecule has 0 bridgehead atoms. The predicted molar refractivity (Wildman–Crippen MR) is 85.3 cm³/mol. The molecule has 0 aromatic heterocycles. The van der Waals surface area contributed by atoms with Crippen LogP contribution in [0.15, 0.2) is 30.3 Å². The smallest absolute Gasteiger partial charge is 0.211 e. The van der Waals surface area contributed by atoms with Crippen LogP contribution in [0.25, 0.3) is 0 Å². The molecule has 3 nitrogen and oxygen atoms in total. The summed E-state index contributed by atoms with van der Waals surface area (Å²) in [5, 5.41) is 0.164. The molecule has 0 aliphatic carbocycles. The molecule has 1 aromatic carbocycles. The molecule has 2 atom stereocenters. The minimum atomic E-state index is -3.11. The zero-order valence-corrected chi connectivity index (χ0v) is 13.4. The molecule has 1 aliphatic heterocycles. The van der Waals surface area contributed by atoms with Crippen LogP contribution in [0, 0.1) is 0 Å². The van der Waals surface area contributed by atoms with Crippen molar-refractivity contribution in [2.24, 2.45) is 0 Å². The van der Waals surface area contributed by atoms with E-state index >= 15 is 0 Å². The molecule has 1 heterocycles. The van der Waals surface area contributed by atoms with Gasteiger partial charge in [0.15, 0.2) is 0 Å². The topological polar surface area (TPSA) is 37.4 Å². The normalized spacial score (nSPS) is 24.7. The number of benzene rings is 1. The standard InChI is InChI=1S/C13H19NO2S3/c1-19(15,16)14-8-13(17)7-12(14)10-18-9-11-5-3-2-4-6-11/h2-6,12-13,17H,7-10H2,1H3/t12-,13+/m0/s1. The molecule has 0 amide bonds. The zero-order chi connectivity index (χ0) is 13.9. The molecule has 1 aliphatic rings. The second-order valence-electron chi connectivity index (χ2n) is 4.88. The Kier molecular flexibility index (Phi) is 5.22. The Morgan fingerprint density at radius 3 is 2.68 bits per heavy atom. The molecule has 1 fully saturated rings. The Labute approximate surface area is 125 Å². The van der Waals surface area contributed by atoms with Crippen LogP contribution in [0.5, 0.6) is 0 Å². The fourth-order valence-corrected chi connectivity index (χ4v) is 5.22.